The zero-order chi connectivity index (χ0) is 6.69. The second-order valence-electron chi connectivity index (χ2n) is 2.49. The van der Waals surface area contributed by atoms with E-state index < -0.39 is 0 Å². The summed E-state index contributed by atoms with van der Waals surface area (Å²) in [5.74, 6) is 0. The van der Waals surface area contributed by atoms with Gasteiger partial charge in [-0.15, -0.1) is 13.2 Å². The Hall–Kier alpha value is -0.126. The Bertz CT molecular complexity index is 126. The maximum Gasteiger partial charge on any atom is 0.173 e. The standard InChI is InChI=1S/C6H12OSi2/c1-5-3-4-6(2)9-7-8-5/h1-4,8-9H2. The summed E-state index contributed by atoms with van der Waals surface area (Å²) in [6.45, 7) is 7.85. The van der Waals surface area contributed by atoms with Crippen LogP contribution in [0.3, 0.4) is 0 Å². The summed E-state index contributed by atoms with van der Waals surface area (Å²) in [6.07, 6.45) is 2.30. The van der Waals surface area contributed by atoms with Crippen molar-refractivity contribution >= 4 is 19.5 Å². The highest BCUT2D eigenvalue weighted by molar-refractivity contribution is 6.52. The molecule has 0 aliphatic carbocycles. The molecule has 0 aromatic heterocycles. The van der Waals surface area contributed by atoms with Crippen LogP contribution in [-0.2, 0) is 4.12 Å². The van der Waals surface area contributed by atoms with Gasteiger partial charge in [0.15, 0.2) is 19.5 Å². The van der Waals surface area contributed by atoms with Crippen molar-refractivity contribution < 1.29 is 4.12 Å². The van der Waals surface area contributed by atoms with Gasteiger partial charge in [-0.3, -0.25) is 0 Å². The highest BCUT2D eigenvalue weighted by Crippen LogP contribution is 2.10. The summed E-state index contributed by atoms with van der Waals surface area (Å²) in [4.78, 5) is 0. The lowest BCUT2D eigenvalue weighted by Gasteiger charge is -1.95. The van der Waals surface area contributed by atoms with E-state index in [1.165, 1.54) is 10.4 Å². The van der Waals surface area contributed by atoms with Gasteiger partial charge in [0.2, 0.25) is 0 Å². The zero-order valence-corrected chi connectivity index (χ0v) is 8.48. The smallest absolute Gasteiger partial charge is 0.173 e. The van der Waals surface area contributed by atoms with Gasteiger partial charge in [0.1, 0.15) is 0 Å². The van der Waals surface area contributed by atoms with Gasteiger partial charge in [-0.05, 0) is 12.8 Å². The lowest BCUT2D eigenvalue weighted by atomic mass is 10.3. The van der Waals surface area contributed by atoms with Crippen molar-refractivity contribution in [1.29, 1.82) is 0 Å². The Kier molecular flexibility index (Phi) is 2.44. The van der Waals surface area contributed by atoms with Crippen molar-refractivity contribution in [1.82, 2.24) is 0 Å². The minimum atomic E-state index is -0.327. The Morgan fingerprint density at radius 1 is 1.11 bits per heavy atom. The first-order chi connectivity index (χ1) is 4.29. The molecule has 0 amide bonds. The topological polar surface area (TPSA) is 9.23 Å². The van der Waals surface area contributed by atoms with E-state index in [0.717, 1.165) is 12.8 Å². The molecule has 3 heteroatoms. The highest BCUT2D eigenvalue weighted by Gasteiger charge is 2.04. The van der Waals surface area contributed by atoms with Gasteiger partial charge in [-0.2, -0.15) is 0 Å². The van der Waals surface area contributed by atoms with Crippen LogP contribution in [0, 0.1) is 0 Å². The van der Waals surface area contributed by atoms with Gasteiger partial charge in [0, 0.05) is 0 Å². The van der Waals surface area contributed by atoms with Crippen molar-refractivity contribution in [3.63, 3.8) is 0 Å². The van der Waals surface area contributed by atoms with Crippen molar-refractivity contribution in [3.8, 4) is 0 Å². The molecule has 0 aromatic rings. The van der Waals surface area contributed by atoms with Crippen LogP contribution in [0.1, 0.15) is 12.8 Å². The van der Waals surface area contributed by atoms with Crippen LogP contribution in [-0.4, -0.2) is 19.5 Å². The van der Waals surface area contributed by atoms with Gasteiger partial charge in [0.05, 0.1) is 0 Å². The van der Waals surface area contributed by atoms with E-state index in [-0.39, 0.29) is 19.5 Å². The van der Waals surface area contributed by atoms with E-state index in [2.05, 4.69) is 13.2 Å². The first kappa shape index (κ1) is 6.99. The minimum Gasteiger partial charge on any atom is -0.458 e. The second-order valence-corrected chi connectivity index (χ2v) is 6.70. The molecule has 1 nitrogen and oxygen atoms in total. The van der Waals surface area contributed by atoms with Crippen molar-refractivity contribution in [2.24, 2.45) is 0 Å². The third-order valence-corrected chi connectivity index (χ3v) is 4.60. The first-order valence-electron chi connectivity index (χ1n) is 3.20. The van der Waals surface area contributed by atoms with Crippen LogP contribution in [0.15, 0.2) is 23.6 Å². The number of rotatable bonds is 0. The van der Waals surface area contributed by atoms with Crippen LogP contribution in [0.2, 0.25) is 0 Å². The summed E-state index contributed by atoms with van der Waals surface area (Å²) in [5, 5.41) is 2.72. The molecular formula is C6H12OSi2. The van der Waals surface area contributed by atoms with E-state index in [4.69, 9.17) is 4.12 Å². The Labute approximate surface area is 60.7 Å². The average molecular weight is 156 g/mol. The van der Waals surface area contributed by atoms with E-state index in [9.17, 15) is 0 Å². The maximum atomic E-state index is 5.50. The molecule has 1 saturated heterocycles. The molecule has 50 valence electrons. The summed E-state index contributed by atoms with van der Waals surface area (Å²) >= 11 is 0. The molecule has 1 aliphatic heterocycles. The molecule has 0 unspecified atom stereocenters. The van der Waals surface area contributed by atoms with Gasteiger partial charge in [-0.25, -0.2) is 0 Å². The fourth-order valence-electron chi connectivity index (χ4n) is 0.838. The van der Waals surface area contributed by atoms with E-state index >= 15 is 0 Å². The number of allylic oxidation sites excluding steroid dienone is 2. The van der Waals surface area contributed by atoms with E-state index in [1.807, 2.05) is 0 Å². The predicted octanol–water partition coefficient (Wildman–Crippen LogP) is -0.00820. The molecular weight excluding hydrogens is 144 g/mol. The lowest BCUT2D eigenvalue weighted by molar-refractivity contribution is 0.657. The van der Waals surface area contributed by atoms with Crippen molar-refractivity contribution in [2.45, 2.75) is 12.8 Å². The van der Waals surface area contributed by atoms with Gasteiger partial charge in [0.25, 0.3) is 0 Å². The fraction of sp³-hybridized carbons (Fsp3) is 0.333. The highest BCUT2D eigenvalue weighted by atomic mass is 28.3. The molecule has 1 rings (SSSR count). The third-order valence-electron chi connectivity index (χ3n) is 1.44. The van der Waals surface area contributed by atoms with Crippen LogP contribution < -0.4 is 0 Å². The Morgan fingerprint density at radius 2 is 1.56 bits per heavy atom. The molecule has 0 radical (unpaired) electrons. The van der Waals surface area contributed by atoms with Crippen LogP contribution in [0.4, 0.5) is 0 Å². The SMILES string of the molecule is C=C1CCC(=C)[SiH2]O[SiH2]1. The number of hydrogen-bond acceptors (Lipinski definition) is 1. The normalized spacial score (nSPS) is 27.1. The quantitative estimate of drug-likeness (QED) is 0.448. The number of hydrogen-bond donors (Lipinski definition) is 0. The largest absolute Gasteiger partial charge is 0.458 e. The molecule has 9 heavy (non-hydrogen) atoms. The summed E-state index contributed by atoms with van der Waals surface area (Å²) in [7, 11) is -0.654. The van der Waals surface area contributed by atoms with Crippen LogP contribution in [0.25, 0.3) is 0 Å². The molecule has 1 heterocycles. The summed E-state index contributed by atoms with van der Waals surface area (Å²) in [5.41, 5.74) is 0. The van der Waals surface area contributed by atoms with Gasteiger partial charge in [-0.1, -0.05) is 10.4 Å². The molecule has 0 atom stereocenters. The summed E-state index contributed by atoms with van der Waals surface area (Å²) < 4.78 is 5.50. The molecule has 1 fully saturated rings. The average Bonchev–Trinajstić information content (AvgIpc) is 1.97. The zero-order valence-electron chi connectivity index (χ0n) is 5.65. The van der Waals surface area contributed by atoms with Crippen molar-refractivity contribution in [2.75, 3.05) is 0 Å². The fourth-order valence-corrected chi connectivity index (χ4v) is 4.20. The Balaban J connectivity index is 2.43. The second kappa shape index (κ2) is 3.15. The maximum absolute atomic E-state index is 5.50. The van der Waals surface area contributed by atoms with Gasteiger partial charge < -0.3 is 4.12 Å². The molecule has 0 N–H and O–H groups in total. The predicted molar refractivity (Wildman–Crippen MR) is 45.7 cm³/mol. The van der Waals surface area contributed by atoms with E-state index in [1.54, 1.807) is 0 Å². The molecule has 0 saturated carbocycles. The van der Waals surface area contributed by atoms with Crippen LogP contribution in [0.5, 0.6) is 0 Å². The molecule has 0 aromatic carbocycles. The monoisotopic (exact) mass is 156 g/mol. The molecule has 1 aliphatic rings. The van der Waals surface area contributed by atoms with E-state index in [0.29, 0.717) is 0 Å². The summed E-state index contributed by atoms with van der Waals surface area (Å²) in [6, 6.07) is 0. The molecule has 0 spiro atoms. The first-order valence-corrected chi connectivity index (χ1v) is 5.77. The van der Waals surface area contributed by atoms with Crippen molar-refractivity contribution in [3.05, 3.63) is 23.6 Å². The lowest BCUT2D eigenvalue weighted by Crippen LogP contribution is -2.02. The minimum absolute atomic E-state index is 0.327. The van der Waals surface area contributed by atoms with Gasteiger partial charge >= 0.3 is 0 Å². The molecule has 0 bridgehead atoms. The van der Waals surface area contributed by atoms with Crippen LogP contribution >= 0.6 is 0 Å². The Morgan fingerprint density at radius 3 is 2.00 bits per heavy atom. The third kappa shape index (κ3) is 2.30.